The smallest absolute Gasteiger partial charge is 0.336 e. The first-order valence-electron chi connectivity index (χ1n) is 7.41. The second-order valence-electron chi connectivity index (χ2n) is 5.61. The van der Waals surface area contributed by atoms with Gasteiger partial charge < -0.3 is 9.15 Å². The van der Waals surface area contributed by atoms with E-state index in [-0.39, 0.29) is 12.4 Å². The highest BCUT2D eigenvalue weighted by Gasteiger charge is 2.12. The van der Waals surface area contributed by atoms with Gasteiger partial charge in [-0.25, -0.2) is 4.79 Å². The standard InChI is InChI=1S/C19H15ClO4/c1-11-3-5-13(6-4-11)16(21)10-23-18-9-17-14(8-15(18)20)12(2)7-19(22)24-17/h3-9H,10H2,1-2H3. The number of rotatable bonds is 4. The number of halogens is 1. The number of ketones is 1. The van der Waals surface area contributed by atoms with Gasteiger partial charge in [0.2, 0.25) is 0 Å². The lowest BCUT2D eigenvalue weighted by atomic mass is 10.1. The molecule has 122 valence electrons. The summed E-state index contributed by atoms with van der Waals surface area (Å²) in [5.74, 6) is 0.148. The van der Waals surface area contributed by atoms with Gasteiger partial charge >= 0.3 is 5.63 Å². The summed E-state index contributed by atoms with van der Waals surface area (Å²) in [6, 6.07) is 11.9. The molecule has 0 aliphatic heterocycles. The number of aryl methyl sites for hydroxylation is 2. The molecule has 4 nitrogen and oxygen atoms in total. The molecule has 0 aliphatic rings. The summed E-state index contributed by atoms with van der Waals surface area (Å²) < 4.78 is 10.7. The van der Waals surface area contributed by atoms with Gasteiger partial charge in [-0.3, -0.25) is 4.79 Å². The molecular weight excluding hydrogens is 328 g/mol. The Kier molecular flexibility index (Phi) is 4.40. The first-order valence-corrected chi connectivity index (χ1v) is 7.78. The number of Topliss-reactive ketones (excluding diaryl/α,β-unsaturated/α-hetero) is 1. The predicted octanol–water partition coefficient (Wildman–Crippen LogP) is 4.32. The summed E-state index contributed by atoms with van der Waals surface area (Å²) in [6.07, 6.45) is 0. The number of hydrogen-bond acceptors (Lipinski definition) is 4. The van der Waals surface area contributed by atoms with E-state index < -0.39 is 5.63 Å². The zero-order chi connectivity index (χ0) is 17.3. The molecule has 1 aromatic heterocycles. The molecule has 0 saturated carbocycles. The minimum Gasteiger partial charge on any atom is -0.484 e. The Hall–Kier alpha value is -2.59. The Bertz CT molecular complexity index is 971. The predicted molar refractivity (Wildman–Crippen MR) is 93.2 cm³/mol. The van der Waals surface area contributed by atoms with Crippen molar-refractivity contribution >= 4 is 28.4 Å². The number of benzene rings is 2. The molecule has 0 fully saturated rings. The second-order valence-corrected chi connectivity index (χ2v) is 6.01. The summed E-state index contributed by atoms with van der Waals surface area (Å²) in [4.78, 5) is 23.7. The average Bonchev–Trinajstić information content (AvgIpc) is 2.54. The van der Waals surface area contributed by atoms with Crippen molar-refractivity contribution in [3.63, 3.8) is 0 Å². The molecule has 2 aromatic carbocycles. The number of carbonyl (C=O) groups excluding carboxylic acids is 1. The van der Waals surface area contributed by atoms with Crippen molar-refractivity contribution < 1.29 is 13.9 Å². The third-order valence-corrected chi connectivity index (χ3v) is 4.03. The number of carbonyl (C=O) groups is 1. The molecule has 1 heterocycles. The molecule has 5 heteroatoms. The van der Waals surface area contributed by atoms with Gasteiger partial charge in [-0.2, -0.15) is 0 Å². The summed E-state index contributed by atoms with van der Waals surface area (Å²) in [5, 5.41) is 1.09. The van der Waals surface area contributed by atoms with Crippen LogP contribution in [0.2, 0.25) is 5.02 Å². The van der Waals surface area contributed by atoms with Gasteiger partial charge in [0.05, 0.1) is 5.02 Å². The van der Waals surface area contributed by atoms with E-state index in [1.807, 2.05) is 19.1 Å². The number of fused-ring (bicyclic) bond motifs is 1. The molecule has 0 unspecified atom stereocenters. The zero-order valence-corrected chi connectivity index (χ0v) is 14.0. The first-order chi connectivity index (χ1) is 11.4. The van der Waals surface area contributed by atoms with Gasteiger partial charge in [0, 0.05) is 23.1 Å². The summed E-state index contributed by atoms with van der Waals surface area (Å²) >= 11 is 6.21. The maximum atomic E-state index is 12.2. The van der Waals surface area contributed by atoms with Crippen LogP contribution in [-0.4, -0.2) is 12.4 Å². The highest BCUT2D eigenvalue weighted by atomic mass is 35.5. The maximum absolute atomic E-state index is 12.2. The fourth-order valence-corrected chi connectivity index (χ4v) is 2.61. The molecular formula is C19H15ClO4. The van der Waals surface area contributed by atoms with Crippen molar-refractivity contribution in [1.29, 1.82) is 0 Å². The van der Waals surface area contributed by atoms with Gasteiger partial charge in [0.15, 0.2) is 12.4 Å². The van der Waals surface area contributed by atoms with Gasteiger partial charge in [-0.05, 0) is 25.5 Å². The minimum absolute atomic E-state index is 0.148. The maximum Gasteiger partial charge on any atom is 0.336 e. The van der Waals surface area contributed by atoms with Crippen LogP contribution in [0.1, 0.15) is 21.5 Å². The SMILES string of the molecule is Cc1ccc(C(=O)COc2cc3oc(=O)cc(C)c3cc2Cl)cc1. The topological polar surface area (TPSA) is 56.5 Å². The van der Waals surface area contributed by atoms with E-state index in [0.29, 0.717) is 21.9 Å². The molecule has 0 atom stereocenters. The third kappa shape index (κ3) is 3.34. The monoisotopic (exact) mass is 342 g/mol. The van der Waals surface area contributed by atoms with Crippen molar-refractivity contribution in [3.05, 3.63) is 74.6 Å². The van der Waals surface area contributed by atoms with Gasteiger partial charge in [0.1, 0.15) is 11.3 Å². The van der Waals surface area contributed by atoms with Gasteiger partial charge in [-0.15, -0.1) is 0 Å². The molecule has 3 rings (SSSR count). The molecule has 0 spiro atoms. The Morgan fingerprint density at radius 2 is 1.83 bits per heavy atom. The van der Waals surface area contributed by atoms with Crippen molar-refractivity contribution in [3.8, 4) is 5.75 Å². The lowest BCUT2D eigenvalue weighted by Gasteiger charge is -2.09. The van der Waals surface area contributed by atoms with Crippen LogP contribution in [0.5, 0.6) is 5.75 Å². The van der Waals surface area contributed by atoms with Crippen LogP contribution in [0.4, 0.5) is 0 Å². The van der Waals surface area contributed by atoms with E-state index >= 15 is 0 Å². The lowest BCUT2D eigenvalue weighted by molar-refractivity contribution is 0.0921. The average molecular weight is 343 g/mol. The van der Waals surface area contributed by atoms with Crippen LogP contribution in [0.25, 0.3) is 11.0 Å². The highest BCUT2D eigenvalue weighted by Crippen LogP contribution is 2.31. The van der Waals surface area contributed by atoms with E-state index in [0.717, 1.165) is 16.5 Å². The van der Waals surface area contributed by atoms with E-state index in [1.54, 1.807) is 25.1 Å². The molecule has 0 amide bonds. The third-order valence-electron chi connectivity index (χ3n) is 3.74. The molecule has 0 saturated heterocycles. The second kappa shape index (κ2) is 6.49. The fourth-order valence-electron chi connectivity index (χ4n) is 2.40. The molecule has 0 radical (unpaired) electrons. The van der Waals surface area contributed by atoms with Crippen molar-refractivity contribution in [2.45, 2.75) is 13.8 Å². The fraction of sp³-hybridized carbons (Fsp3) is 0.158. The molecule has 0 aliphatic carbocycles. The Balaban J connectivity index is 1.84. The number of ether oxygens (including phenoxy) is 1. The zero-order valence-electron chi connectivity index (χ0n) is 13.3. The van der Waals surface area contributed by atoms with Gasteiger partial charge in [-0.1, -0.05) is 41.4 Å². The molecule has 0 bridgehead atoms. The summed E-state index contributed by atoms with van der Waals surface area (Å²) in [7, 11) is 0. The molecule has 0 N–H and O–H groups in total. The van der Waals surface area contributed by atoms with Crippen LogP contribution >= 0.6 is 11.6 Å². The van der Waals surface area contributed by atoms with Crippen molar-refractivity contribution in [2.24, 2.45) is 0 Å². The normalized spacial score (nSPS) is 10.8. The van der Waals surface area contributed by atoms with Crippen LogP contribution in [0, 0.1) is 13.8 Å². The summed E-state index contributed by atoms with van der Waals surface area (Å²) in [5.41, 5.74) is 2.35. The largest absolute Gasteiger partial charge is 0.484 e. The Labute approximate surface area is 143 Å². The lowest BCUT2D eigenvalue weighted by Crippen LogP contribution is -2.11. The van der Waals surface area contributed by atoms with Crippen LogP contribution in [0.15, 0.2) is 51.7 Å². The van der Waals surface area contributed by atoms with Crippen molar-refractivity contribution in [2.75, 3.05) is 6.61 Å². The molecule has 24 heavy (non-hydrogen) atoms. The van der Waals surface area contributed by atoms with Crippen molar-refractivity contribution in [1.82, 2.24) is 0 Å². The number of hydrogen-bond donors (Lipinski definition) is 0. The highest BCUT2D eigenvalue weighted by molar-refractivity contribution is 6.32. The van der Waals surface area contributed by atoms with E-state index in [9.17, 15) is 9.59 Å². The van der Waals surface area contributed by atoms with Crippen LogP contribution in [-0.2, 0) is 0 Å². The van der Waals surface area contributed by atoms with E-state index in [1.165, 1.54) is 12.1 Å². The quantitative estimate of drug-likeness (QED) is 0.523. The van der Waals surface area contributed by atoms with E-state index in [4.69, 9.17) is 20.8 Å². The summed E-state index contributed by atoms with van der Waals surface area (Å²) in [6.45, 7) is 3.61. The van der Waals surface area contributed by atoms with E-state index in [2.05, 4.69) is 0 Å². The van der Waals surface area contributed by atoms with Gasteiger partial charge in [0.25, 0.3) is 0 Å². The van der Waals surface area contributed by atoms with Crippen LogP contribution in [0.3, 0.4) is 0 Å². The van der Waals surface area contributed by atoms with Crippen LogP contribution < -0.4 is 10.4 Å². The first kappa shape index (κ1) is 16.3. The Morgan fingerprint density at radius 1 is 1.12 bits per heavy atom. The minimum atomic E-state index is -0.441. The Morgan fingerprint density at radius 3 is 2.54 bits per heavy atom. The molecule has 3 aromatic rings.